The number of nitrogens with zero attached hydrogens (tertiary/aromatic N) is 5. The molecule has 3 heterocycles. The highest BCUT2D eigenvalue weighted by atomic mass is 16.1. The van der Waals surface area contributed by atoms with E-state index in [4.69, 9.17) is 5.73 Å². The summed E-state index contributed by atoms with van der Waals surface area (Å²) in [6, 6.07) is 16.7. The minimum Gasteiger partial charge on any atom is -0.368 e. The Balaban J connectivity index is 1.89. The number of anilines is 2. The maximum atomic E-state index is 12.3. The lowest BCUT2D eigenvalue weighted by Gasteiger charge is -2.17. The lowest BCUT2D eigenvalue weighted by molar-refractivity contribution is 0.505. The number of hydrogen-bond donors (Lipinski definition) is 2. The van der Waals surface area contributed by atoms with Crippen molar-refractivity contribution in [2.45, 2.75) is 26.4 Å². The van der Waals surface area contributed by atoms with Crippen molar-refractivity contribution < 1.29 is 0 Å². The van der Waals surface area contributed by atoms with Gasteiger partial charge >= 0.3 is 0 Å². The first-order valence-corrected chi connectivity index (χ1v) is 9.99. The van der Waals surface area contributed by atoms with Gasteiger partial charge in [0, 0.05) is 30.6 Å². The molecule has 0 saturated heterocycles. The zero-order valence-electron chi connectivity index (χ0n) is 17.4. The van der Waals surface area contributed by atoms with E-state index in [0.29, 0.717) is 29.3 Å². The molecular formula is C23H23N7O. The number of benzene rings is 1. The molecule has 0 amide bonds. The van der Waals surface area contributed by atoms with Gasteiger partial charge in [-0.3, -0.25) is 9.78 Å². The van der Waals surface area contributed by atoms with Crippen LogP contribution in [0.3, 0.4) is 0 Å². The highest BCUT2D eigenvalue weighted by Crippen LogP contribution is 2.35. The number of hydrogen-bond acceptors (Lipinski definition) is 7. The Morgan fingerprint density at radius 3 is 2.55 bits per heavy atom. The topological polar surface area (TPSA) is 112 Å². The molecule has 156 valence electrons. The van der Waals surface area contributed by atoms with Gasteiger partial charge < -0.3 is 11.1 Å². The SMILES string of the molecule is CC(C)n1nc(-c2c(NCc3cccnc3)nc(N)nc2-c2ccccc2)ccc1=O. The largest absolute Gasteiger partial charge is 0.368 e. The fourth-order valence-corrected chi connectivity index (χ4v) is 3.27. The van der Waals surface area contributed by atoms with Gasteiger partial charge in [0.1, 0.15) is 5.82 Å². The van der Waals surface area contributed by atoms with Crippen LogP contribution in [0.2, 0.25) is 0 Å². The summed E-state index contributed by atoms with van der Waals surface area (Å²) in [5, 5.41) is 7.95. The molecule has 0 aliphatic carbocycles. The average molecular weight is 413 g/mol. The molecule has 8 nitrogen and oxygen atoms in total. The van der Waals surface area contributed by atoms with Gasteiger partial charge in [-0.2, -0.15) is 10.1 Å². The third-order valence-corrected chi connectivity index (χ3v) is 4.73. The molecule has 0 unspecified atom stereocenters. The molecule has 0 atom stereocenters. The minimum absolute atomic E-state index is 0.0888. The van der Waals surface area contributed by atoms with E-state index in [-0.39, 0.29) is 17.5 Å². The Kier molecular flexibility index (Phi) is 5.70. The highest BCUT2D eigenvalue weighted by molar-refractivity contribution is 5.87. The summed E-state index contributed by atoms with van der Waals surface area (Å²) in [6.45, 7) is 4.32. The van der Waals surface area contributed by atoms with E-state index in [2.05, 4.69) is 25.4 Å². The summed E-state index contributed by atoms with van der Waals surface area (Å²) in [4.78, 5) is 25.4. The van der Waals surface area contributed by atoms with E-state index >= 15 is 0 Å². The molecular weight excluding hydrogens is 390 g/mol. The van der Waals surface area contributed by atoms with Crippen molar-refractivity contribution >= 4 is 11.8 Å². The van der Waals surface area contributed by atoms with Crippen LogP contribution in [0.5, 0.6) is 0 Å². The number of rotatable bonds is 6. The van der Waals surface area contributed by atoms with E-state index in [1.807, 2.05) is 56.3 Å². The van der Waals surface area contributed by atoms with E-state index in [1.165, 1.54) is 10.7 Å². The van der Waals surface area contributed by atoms with Gasteiger partial charge in [-0.15, -0.1) is 0 Å². The minimum atomic E-state index is -0.166. The van der Waals surface area contributed by atoms with Crippen LogP contribution in [0, 0.1) is 0 Å². The maximum Gasteiger partial charge on any atom is 0.267 e. The number of pyridine rings is 1. The van der Waals surface area contributed by atoms with E-state index < -0.39 is 0 Å². The summed E-state index contributed by atoms with van der Waals surface area (Å²) in [6.07, 6.45) is 3.51. The molecule has 0 saturated carbocycles. The van der Waals surface area contributed by atoms with E-state index in [9.17, 15) is 4.79 Å². The van der Waals surface area contributed by atoms with Crippen molar-refractivity contribution in [1.29, 1.82) is 0 Å². The van der Waals surface area contributed by atoms with Crippen molar-refractivity contribution in [2.75, 3.05) is 11.1 Å². The van der Waals surface area contributed by atoms with Gasteiger partial charge in [0.15, 0.2) is 0 Å². The Hall–Kier alpha value is -4.07. The first-order chi connectivity index (χ1) is 15.0. The molecule has 0 aliphatic rings. The lowest BCUT2D eigenvalue weighted by Crippen LogP contribution is -2.24. The molecule has 3 aromatic heterocycles. The lowest BCUT2D eigenvalue weighted by atomic mass is 10.0. The number of nitrogens with one attached hydrogen (secondary N) is 1. The van der Waals surface area contributed by atoms with Crippen LogP contribution in [-0.2, 0) is 6.54 Å². The van der Waals surface area contributed by atoms with Gasteiger partial charge in [0.05, 0.1) is 23.0 Å². The highest BCUT2D eigenvalue weighted by Gasteiger charge is 2.19. The molecule has 4 aromatic rings. The van der Waals surface area contributed by atoms with Crippen molar-refractivity contribution in [3.8, 4) is 22.5 Å². The van der Waals surface area contributed by atoms with Gasteiger partial charge in [0.25, 0.3) is 5.56 Å². The van der Waals surface area contributed by atoms with Crippen molar-refractivity contribution in [3.63, 3.8) is 0 Å². The molecule has 0 spiro atoms. The van der Waals surface area contributed by atoms with Crippen molar-refractivity contribution in [2.24, 2.45) is 0 Å². The summed E-state index contributed by atoms with van der Waals surface area (Å²) in [5.74, 6) is 0.685. The molecule has 3 N–H and O–H groups in total. The predicted molar refractivity (Wildman–Crippen MR) is 121 cm³/mol. The normalized spacial score (nSPS) is 10.9. The van der Waals surface area contributed by atoms with E-state index in [0.717, 1.165) is 11.1 Å². The molecule has 0 fully saturated rings. The van der Waals surface area contributed by atoms with Crippen molar-refractivity contribution in [3.05, 3.63) is 82.9 Å². The number of nitrogens with two attached hydrogens (primary N) is 1. The van der Waals surface area contributed by atoms with Gasteiger partial charge in [0.2, 0.25) is 5.95 Å². The summed E-state index contributed by atoms with van der Waals surface area (Å²) < 4.78 is 1.45. The van der Waals surface area contributed by atoms with Crippen LogP contribution >= 0.6 is 0 Å². The van der Waals surface area contributed by atoms with Crippen LogP contribution in [0.15, 0.2) is 71.8 Å². The molecule has 1 aromatic carbocycles. The van der Waals surface area contributed by atoms with E-state index in [1.54, 1.807) is 18.5 Å². The van der Waals surface area contributed by atoms with Gasteiger partial charge in [-0.25, -0.2) is 9.67 Å². The van der Waals surface area contributed by atoms with Crippen molar-refractivity contribution in [1.82, 2.24) is 24.7 Å². The molecule has 0 radical (unpaired) electrons. The maximum absolute atomic E-state index is 12.3. The van der Waals surface area contributed by atoms with Crippen LogP contribution in [0.4, 0.5) is 11.8 Å². The Labute approximate surface area is 179 Å². The quantitative estimate of drug-likeness (QED) is 0.497. The first kappa shape index (κ1) is 20.2. The Morgan fingerprint density at radius 1 is 1.03 bits per heavy atom. The Morgan fingerprint density at radius 2 is 1.84 bits per heavy atom. The zero-order chi connectivity index (χ0) is 21.8. The molecule has 4 rings (SSSR count). The van der Waals surface area contributed by atoms with Crippen LogP contribution in [0.25, 0.3) is 22.5 Å². The third kappa shape index (κ3) is 4.42. The monoisotopic (exact) mass is 413 g/mol. The molecule has 0 bridgehead atoms. The zero-order valence-corrected chi connectivity index (χ0v) is 17.4. The number of aromatic nitrogens is 5. The average Bonchev–Trinajstić information content (AvgIpc) is 2.79. The van der Waals surface area contributed by atoms with Crippen LogP contribution in [0.1, 0.15) is 25.5 Å². The second-order valence-corrected chi connectivity index (χ2v) is 7.33. The fraction of sp³-hybridized carbons (Fsp3) is 0.174. The van der Waals surface area contributed by atoms with Crippen LogP contribution in [-0.4, -0.2) is 24.7 Å². The number of nitrogen functional groups attached to an aromatic ring is 1. The molecule has 31 heavy (non-hydrogen) atoms. The fourth-order valence-electron chi connectivity index (χ4n) is 3.27. The summed E-state index contributed by atoms with van der Waals surface area (Å²) >= 11 is 0. The predicted octanol–water partition coefficient (Wildman–Crippen LogP) is 3.54. The smallest absolute Gasteiger partial charge is 0.267 e. The third-order valence-electron chi connectivity index (χ3n) is 4.73. The molecule has 0 aliphatic heterocycles. The molecule has 8 heteroatoms. The summed E-state index contributed by atoms with van der Waals surface area (Å²) in [7, 11) is 0. The first-order valence-electron chi connectivity index (χ1n) is 9.99. The van der Waals surface area contributed by atoms with Gasteiger partial charge in [-0.05, 0) is 31.5 Å². The second kappa shape index (κ2) is 8.74. The van der Waals surface area contributed by atoms with Gasteiger partial charge in [-0.1, -0.05) is 36.4 Å². The summed E-state index contributed by atoms with van der Waals surface area (Å²) in [5.41, 5.74) is 9.67. The standard InChI is InChI=1S/C23H23N7O/c1-15(2)30-19(31)11-10-18(29-30)20-21(17-8-4-3-5-9-17)27-23(24)28-22(20)26-14-16-7-6-12-25-13-16/h3-13,15H,14H2,1-2H3,(H3,24,26,27,28). The second-order valence-electron chi connectivity index (χ2n) is 7.33. The Bertz CT molecular complexity index is 1240. The van der Waals surface area contributed by atoms with Crippen LogP contribution < -0.4 is 16.6 Å².